The van der Waals surface area contributed by atoms with E-state index in [9.17, 15) is 14.4 Å². The molecule has 0 spiro atoms. The minimum absolute atomic E-state index is 0.148. The second kappa shape index (κ2) is 9.72. The third-order valence-electron chi connectivity index (χ3n) is 5.57. The van der Waals surface area contributed by atoms with Crippen LogP contribution >= 0.6 is 22.9 Å². The molecule has 1 heterocycles. The summed E-state index contributed by atoms with van der Waals surface area (Å²) in [5, 5.41) is 8.20. The number of ether oxygens (including phenoxy) is 1. The molecular formula is C24H22ClN3O4S. The maximum Gasteiger partial charge on any atom is 0.337 e. The number of carbonyl (C=O) groups is 3. The molecule has 1 fully saturated rings. The molecule has 0 atom stereocenters. The van der Waals surface area contributed by atoms with Gasteiger partial charge < -0.3 is 15.4 Å². The van der Waals surface area contributed by atoms with E-state index in [1.807, 2.05) is 17.5 Å². The Balaban J connectivity index is 1.50. The molecule has 1 aromatic heterocycles. The van der Waals surface area contributed by atoms with E-state index in [0.29, 0.717) is 22.0 Å². The summed E-state index contributed by atoms with van der Waals surface area (Å²) in [5.41, 5.74) is 4.09. The highest BCUT2D eigenvalue weighted by Crippen LogP contribution is 2.49. The Hall–Kier alpha value is -3.23. The first-order chi connectivity index (χ1) is 15.9. The molecule has 9 heteroatoms. The van der Waals surface area contributed by atoms with Crippen LogP contribution in [0.5, 0.6) is 0 Å². The fourth-order valence-electron chi connectivity index (χ4n) is 3.65. The molecule has 0 saturated heterocycles. The number of amides is 2. The topological polar surface area (TPSA) is 97.4 Å². The first-order valence-electron chi connectivity index (χ1n) is 10.3. The van der Waals surface area contributed by atoms with Gasteiger partial charge in [0.05, 0.1) is 35.7 Å². The van der Waals surface area contributed by atoms with Crippen molar-refractivity contribution >= 4 is 46.4 Å². The Morgan fingerprint density at radius 3 is 2.55 bits per heavy atom. The van der Waals surface area contributed by atoms with Gasteiger partial charge in [-0.25, -0.2) is 9.78 Å². The summed E-state index contributed by atoms with van der Waals surface area (Å²) in [6, 6.07) is 12.2. The predicted octanol–water partition coefficient (Wildman–Crippen LogP) is 4.11. The van der Waals surface area contributed by atoms with E-state index >= 15 is 0 Å². The number of nitrogens with zero attached hydrogens (tertiary/aromatic N) is 1. The van der Waals surface area contributed by atoms with Gasteiger partial charge >= 0.3 is 5.97 Å². The summed E-state index contributed by atoms with van der Waals surface area (Å²) < 4.78 is 4.85. The highest BCUT2D eigenvalue weighted by atomic mass is 35.5. The van der Waals surface area contributed by atoms with E-state index in [4.69, 9.17) is 16.3 Å². The standard InChI is InChI=1S/C24H22ClN3O4S/c1-32-22(30)16-8-15(12-26-21(29)11-20-13-33-14-27-20)9-19(10-16)28-23(31)24(6-7-24)17-2-4-18(25)5-3-17/h2-5,8-10,13-14H,6-7,11-12H2,1H3,(H,26,29)(H,28,31). The van der Waals surface area contributed by atoms with Gasteiger partial charge in [-0.05, 0) is 54.3 Å². The molecule has 0 bridgehead atoms. The molecule has 33 heavy (non-hydrogen) atoms. The van der Waals surface area contributed by atoms with Crippen molar-refractivity contribution in [1.82, 2.24) is 10.3 Å². The van der Waals surface area contributed by atoms with Gasteiger partial charge in [-0.2, -0.15) is 0 Å². The SMILES string of the molecule is COC(=O)c1cc(CNC(=O)Cc2cscn2)cc(NC(=O)C2(c3ccc(Cl)cc3)CC2)c1. The van der Waals surface area contributed by atoms with Gasteiger partial charge in [0, 0.05) is 22.6 Å². The van der Waals surface area contributed by atoms with Gasteiger partial charge in [0.1, 0.15) is 0 Å². The molecule has 7 nitrogen and oxygen atoms in total. The second-order valence-electron chi connectivity index (χ2n) is 7.89. The smallest absolute Gasteiger partial charge is 0.337 e. The van der Waals surface area contributed by atoms with Gasteiger partial charge in [0.15, 0.2) is 0 Å². The molecule has 2 amide bonds. The van der Waals surface area contributed by atoms with Crippen LogP contribution in [0, 0.1) is 0 Å². The summed E-state index contributed by atoms with van der Waals surface area (Å²) in [6.45, 7) is 0.193. The number of thiazole rings is 1. The molecule has 1 aliphatic carbocycles. The van der Waals surface area contributed by atoms with Crippen LogP contribution < -0.4 is 10.6 Å². The molecule has 0 radical (unpaired) electrons. The molecule has 2 aromatic carbocycles. The lowest BCUT2D eigenvalue weighted by Gasteiger charge is -2.17. The number of aromatic nitrogens is 1. The number of hydrogen-bond donors (Lipinski definition) is 2. The number of anilines is 1. The van der Waals surface area contributed by atoms with Gasteiger partial charge in [-0.1, -0.05) is 23.7 Å². The Morgan fingerprint density at radius 1 is 1.15 bits per heavy atom. The van der Waals surface area contributed by atoms with Crippen molar-refractivity contribution < 1.29 is 19.1 Å². The van der Waals surface area contributed by atoms with E-state index in [1.165, 1.54) is 18.4 Å². The lowest BCUT2D eigenvalue weighted by molar-refractivity contribution is -0.120. The van der Waals surface area contributed by atoms with Gasteiger partial charge in [-0.15, -0.1) is 11.3 Å². The van der Waals surface area contributed by atoms with Crippen LogP contribution in [-0.2, 0) is 32.7 Å². The van der Waals surface area contributed by atoms with E-state index in [-0.39, 0.29) is 30.3 Å². The van der Waals surface area contributed by atoms with Crippen molar-refractivity contribution in [3.8, 4) is 0 Å². The zero-order valence-electron chi connectivity index (χ0n) is 17.9. The zero-order chi connectivity index (χ0) is 23.4. The number of carbonyl (C=O) groups excluding carboxylic acids is 3. The van der Waals surface area contributed by atoms with Crippen molar-refractivity contribution in [3.05, 3.63) is 80.8 Å². The predicted molar refractivity (Wildman–Crippen MR) is 126 cm³/mol. The van der Waals surface area contributed by atoms with Crippen molar-refractivity contribution in [1.29, 1.82) is 0 Å². The summed E-state index contributed by atoms with van der Waals surface area (Å²) in [5.74, 6) is -0.861. The van der Waals surface area contributed by atoms with Crippen LogP contribution in [-0.4, -0.2) is 29.9 Å². The maximum absolute atomic E-state index is 13.2. The number of esters is 1. The molecule has 1 aliphatic rings. The number of halogens is 1. The molecule has 170 valence electrons. The lowest BCUT2D eigenvalue weighted by atomic mass is 9.95. The molecular weight excluding hydrogens is 462 g/mol. The number of nitrogens with one attached hydrogen (secondary N) is 2. The normalized spacial score (nSPS) is 13.8. The van der Waals surface area contributed by atoms with Crippen LogP contribution in [0.1, 0.15) is 40.0 Å². The summed E-state index contributed by atoms with van der Waals surface area (Å²) in [4.78, 5) is 41.7. The average Bonchev–Trinajstić information content (AvgIpc) is 3.47. The molecule has 0 aliphatic heterocycles. The fourth-order valence-corrected chi connectivity index (χ4v) is 4.33. The van der Waals surface area contributed by atoms with E-state index in [0.717, 1.165) is 18.4 Å². The van der Waals surface area contributed by atoms with Crippen LogP contribution in [0.2, 0.25) is 5.02 Å². The van der Waals surface area contributed by atoms with E-state index < -0.39 is 11.4 Å². The minimum atomic E-state index is -0.603. The van der Waals surface area contributed by atoms with E-state index in [1.54, 1.807) is 35.8 Å². The number of methoxy groups -OCH3 is 1. The third-order valence-corrected chi connectivity index (χ3v) is 6.46. The van der Waals surface area contributed by atoms with Crippen molar-refractivity contribution in [2.75, 3.05) is 12.4 Å². The molecule has 4 rings (SSSR count). The number of benzene rings is 2. The first-order valence-corrected chi connectivity index (χ1v) is 11.7. The van der Waals surface area contributed by atoms with Crippen LogP contribution in [0.4, 0.5) is 5.69 Å². The van der Waals surface area contributed by atoms with E-state index in [2.05, 4.69) is 15.6 Å². The van der Waals surface area contributed by atoms with Crippen LogP contribution in [0.25, 0.3) is 0 Å². The fraction of sp³-hybridized carbons (Fsp3) is 0.250. The lowest BCUT2D eigenvalue weighted by Crippen LogP contribution is -2.28. The highest BCUT2D eigenvalue weighted by Gasteiger charge is 2.51. The molecule has 1 saturated carbocycles. The number of hydrogen-bond acceptors (Lipinski definition) is 6. The third kappa shape index (κ3) is 5.40. The Kier molecular flexibility index (Phi) is 6.76. The molecule has 0 unspecified atom stereocenters. The summed E-state index contributed by atoms with van der Waals surface area (Å²) in [7, 11) is 1.29. The maximum atomic E-state index is 13.2. The minimum Gasteiger partial charge on any atom is -0.465 e. The van der Waals surface area contributed by atoms with Gasteiger partial charge in [0.25, 0.3) is 0 Å². The van der Waals surface area contributed by atoms with Crippen molar-refractivity contribution in [3.63, 3.8) is 0 Å². The quantitative estimate of drug-likeness (QED) is 0.470. The highest BCUT2D eigenvalue weighted by molar-refractivity contribution is 7.07. The first kappa shape index (κ1) is 22.9. The van der Waals surface area contributed by atoms with Gasteiger partial charge in [-0.3, -0.25) is 9.59 Å². The Labute approximate surface area is 200 Å². The summed E-state index contributed by atoms with van der Waals surface area (Å²) in [6.07, 6.45) is 1.64. The second-order valence-corrected chi connectivity index (χ2v) is 9.04. The number of rotatable bonds is 8. The zero-order valence-corrected chi connectivity index (χ0v) is 19.5. The van der Waals surface area contributed by atoms with Gasteiger partial charge in [0.2, 0.25) is 11.8 Å². The molecule has 2 N–H and O–H groups in total. The van der Waals surface area contributed by atoms with Crippen LogP contribution in [0.3, 0.4) is 0 Å². The molecule has 3 aromatic rings. The van der Waals surface area contributed by atoms with Crippen molar-refractivity contribution in [2.45, 2.75) is 31.2 Å². The average molecular weight is 484 g/mol. The Bertz CT molecular complexity index is 1170. The largest absolute Gasteiger partial charge is 0.465 e. The van der Waals surface area contributed by atoms with Crippen LogP contribution in [0.15, 0.2) is 53.4 Å². The summed E-state index contributed by atoms with van der Waals surface area (Å²) >= 11 is 7.41. The van der Waals surface area contributed by atoms with Crippen molar-refractivity contribution in [2.24, 2.45) is 0 Å². The Morgan fingerprint density at radius 2 is 1.91 bits per heavy atom. The monoisotopic (exact) mass is 483 g/mol.